The highest BCUT2D eigenvalue weighted by Gasteiger charge is 2.34. The van der Waals surface area contributed by atoms with E-state index < -0.39 is 11.9 Å². The number of hydrogen-bond donors (Lipinski definition) is 1. The van der Waals surface area contributed by atoms with Crippen LogP contribution in [0.5, 0.6) is 0 Å². The summed E-state index contributed by atoms with van der Waals surface area (Å²) in [5.74, 6) is 0.286. The molecule has 0 aliphatic heterocycles. The van der Waals surface area contributed by atoms with Gasteiger partial charge < -0.3 is 5.32 Å². The molecule has 0 radical (unpaired) electrons. The van der Waals surface area contributed by atoms with E-state index in [2.05, 4.69) is 25.3 Å². The molecule has 0 aromatic carbocycles. The Hall–Kier alpha value is -2.55. The standard InChI is InChI=1S/C18H18F3N5S/c1-10(2)17-24-13(9-27-17)11(3)23-15-8-14(18(19,20)21)25-16(26-15)12-6-4-5-7-22-12/h4-11H,1-3H3,(H,23,25,26)/t11-/m1/s1. The zero-order valence-corrected chi connectivity index (χ0v) is 15.8. The van der Waals surface area contributed by atoms with Crippen molar-refractivity contribution < 1.29 is 13.2 Å². The number of aromatic nitrogens is 4. The van der Waals surface area contributed by atoms with Gasteiger partial charge in [-0.1, -0.05) is 19.9 Å². The quantitative estimate of drug-likeness (QED) is 0.636. The molecule has 3 heterocycles. The van der Waals surface area contributed by atoms with Gasteiger partial charge in [-0.3, -0.25) is 4.98 Å². The zero-order chi connectivity index (χ0) is 19.6. The van der Waals surface area contributed by atoms with Gasteiger partial charge in [0.1, 0.15) is 11.5 Å². The van der Waals surface area contributed by atoms with Crippen molar-refractivity contribution in [1.82, 2.24) is 19.9 Å². The average molecular weight is 393 g/mol. The summed E-state index contributed by atoms with van der Waals surface area (Å²) >= 11 is 1.53. The Bertz CT molecular complexity index is 909. The van der Waals surface area contributed by atoms with Crippen molar-refractivity contribution in [3.8, 4) is 11.5 Å². The third-order valence-corrected chi connectivity index (χ3v) is 4.92. The minimum absolute atomic E-state index is 0.0737. The van der Waals surface area contributed by atoms with Gasteiger partial charge in [0.2, 0.25) is 0 Å². The van der Waals surface area contributed by atoms with Crippen LogP contribution < -0.4 is 5.32 Å². The third kappa shape index (κ3) is 4.60. The molecule has 142 valence electrons. The van der Waals surface area contributed by atoms with Crippen LogP contribution in [0.2, 0.25) is 0 Å². The number of alkyl halides is 3. The van der Waals surface area contributed by atoms with E-state index in [1.165, 1.54) is 17.5 Å². The maximum absolute atomic E-state index is 13.3. The molecule has 5 nitrogen and oxygen atoms in total. The van der Waals surface area contributed by atoms with Crippen molar-refractivity contribution in [2.45, 2.75) is 38.9 Å². The SMILES string of the molecule is CC(C)c1nc([C@@H](C)Nc2cc(C(F)(F)F)nc(-c3ccccn3)n2)cs1. The Morgan fingerprint density at radius 2 is 1.85 bits per heavy atom. The third-order valence-electron chi connectivity index (χ3n) is 3.75. The van der Waals surface area contributed by atoms with Gasteiger partial charge in [-0.2, -0.15) is 13.2 Å². The fraction of sp³-hybridized carbons (Fsp3) is 0.333. The van der Waals surface area contributed by atoms with Crippen LogP contribution in [0.4, 0.5) is 19.0 Å². The molecule has 0 amide bonds. The van der Waals surface area contributed by atoms with Gasteiger partial charge in [-0.25, -0.2) is 15.0 Å². The fourth-order valence-electron chi connectivity index (χ4n) is 2.34. The number of pyridine rings is 1. The Balaban J connectivity index is 1.94. The lowest BCUT2D eigenvalue weighted by molar-refractivity contribution is -0.141. The Kier molecular flexibility index (Phi) is 5.41. The lowest BCUT2D eigenvalue weighted by atomic mass is 10.2. The van der Waals surface area contributed by atoms with E-state index in [9.17, 15) is 13.2 Å². The summed E-state index contributed by atoms with van der Waals surface area (Å²) in [5, 5.41) is 5.88. The molecule has 0 saturated heterocycles. The first-order valence-corrected chi connectivity index (χ1v) is 9.21. The predicted molar refractivity (Wildman–Crippen MR) is 98.5 cm³/mol. The van der Waals surface area contributed by atoms with Gasteiger partial charge in [0.25, 0.3) is 0 Å². The highest BCUT2D eigenvalue weighted by atomic mass is 32.1. The average Bonchev–Trinajstić information content (AvgIpc) is 3.12. The fourth-order valence-corrected chi connectivity index (χ4v) is 3.27. The van der Waals surface area contributed by atoms with E-state index in [4.69, 9.17) is 0 Å². The monoisotopic (exact) mass is 393 g/mol. The Labute approximate surface area is 158 Å². The maximum Gasteiger partial charge on any atom is 0.433 e. The van der Waals surface area contributed by atoms with E-state index in [0.29, 0.717) is 5.92 Å². The van der Waals surface area contributed by atoms with E-state index >= 15 is 0 Å². The van der Waals surface area contributed by atoms with E-state index in [1.54, 1.807) is 18.2 Å². The largest absolute Gasteiger partial charge is 0.433 e. The summed E-state index contributed by atoms with van der Waals surface area (Å²) in [6, 6.07) is 5.51. The normalized spacial score (nSPS) is 13.0. The number of hydrogen-bond acceptors (Lipinski definition) is 6. The van der Waals surface area contributed by atoms with Crippen LogP contribution in [-0.2, 0) is 6.18 Å². The number of thiazole rings is 1. The summed E-state index contributed by atoms with van der Waals surface area (Å²) in [4.78, 5) is 16.4. The molecule has 1 N–H and O–H groups in total. The second kappa shape index (κ2) is 7.59. The lowest BCUT2D eigenvalue weighted by Gasteiger charge is -2.15. The van der Waals surface area contributed by atoms with Crippen LogP contribution in [0.3, 0.4) is 0 Å². The van der Waals surface area contributed by atoms with Crippen molar-refractivity contribution in [2.75, 3.05) is 5.32 Å². The Morgan fingerprint density at radius 1 is 1.07 bits per heavy atom. The molecule has 3 rings (SSSR count). The minimum atomic E-state index is -4.59. The molecule has 3 aromatic heterocycles. The van der Waals surface area contributed by atoms with Crippen molar-refractivity contribution in [3.63, 3.8) is 0 Å². The number of rotatable bonds is 5. The lowest BCUT2D eigenvalue weighted by Crippen LogP contribution is -2.14. The molecular weight excluding hydrogens is 375 g/mol. The molecule has 0 aliphatic carbocycles. The molecule has 0 unspecified atom stereocenters. The second-order valence-corrected chi connectivity index (χ2v) is 7.20. The first-order chi connectivity index (χ1) is 12.7. The number of nitrogens with one attached hydrogen (secondary N) is 1. The highest BCUT2D eigenvalue weighted by Crippen LogP contribution is 2.31. The molecule has 0 fully saturated rings. The first kappa shape index (κ1) is 19.2. The van der Waals surface area contributed by atoms with Crippen LogP contribution in [0, 0.1) is 0 Å². The Morgan fingerprint density at radius 3 is 2.44 bits per heavy atom. The summed E-state index contributed by atoms with van der Waals surface area (Å²) in [7, 11) is 0. The van der Waals surface area contributed by atoms with Gasteiger partial charge in [0.15, 0.2) is 11.5 Å². The molecule has 27 heavy (non-hydrogen) atoms. The predicted octanol–water partition coefficient (Wildman–Crippen LogP) is 5.31. The topological polar surface area (TPSA) is 63.6 Å². The summed E-state index contributed by atoms with van der Waals surface area (Å²) in [5.41, 5.74) is 0.0133. The summed E-state index contributed by atoms with van der Waals surface area (Å²) in [6.45, 7) is 5.91. The molecule has 0 bridgehead atoms. The summed E-state index contributed by atoms with van der Waals surface area (Å²) in [6.07, 6.45) is -3.10. The van der Waals surface area contributed by atoms with E-state index in [0.717, 1.165) is 16.8 Å². The van der Waals surface area contributed by atoms with Crippen LogP contribution in [0.1, 0.15) is 49.1 Å². The van der Waals surface area contributed by atoms with Crippen molar-refractivity contribution >= 4 is 17.2 Å². The smallest absolute Gasteiger partial charge is 0.362 e. The molecule has 0 aliphatic rings. The maximum atomic E-state index is 13.3. The van der Waals surface area contributed by atoms with Crippen LogP contribution in [0.15, 0.2) is 35.8 Å². The van der Waals surface area contributed by atoms with Gasteiger partial charge in [0.05, 0.1) is 16.7 Å². The van der Waals surface area contributed by atoms with Crippen molar-refractivity contribution in [1.29, 1.82) is 0 Å². The molecule has 1 atom stereocenters. The zero-order valence-electron chi connectivity index (χ0n) is 14.9. The van der Waals surface area contributed by atoms with Gasteiger partial charge in [-0.05, 0) is 19.1 Å². The van der Waals surface area contributed by atoms with E-state index in [1.807, 2.05) is 26.2 Å². The van der Waals surface area contributed by atoms with Gasteiger partial charge in [-0.15, -0.1) is 11.3 Å². The second-order valence-electron chi connectivity index (χ2n) is 6.31. The molecule has 0 spiro atoms. The number of nitrogens with zero attached hydrogens (tertiary/aromatic N) is 4. The number of anilines is 1. The van der Waals surface area contributed by atoms with Crippen molar-refractivity contribution in [3.05, 3.63) is 52.2 Å². The van der Waals surface area contributed by atoms with Gasteiger partial charge in [0, 0.05) is 23.6 Å². The molecular formula is C18H18F3N5S. The van der Waals surface area contributed by atoms with Crippen LogP contribution >= 0.6 is 11.3 Å². The van der Waals surface area contributed by atoms with Crippen LogP contribution in [-0.4, -0.2) is 19.9 Å². The van der Waals surface area contributed by atoms with Gasteiger partial charge >= 0.3 is 6.18 Å². The molecule has 0 saturated carbocycles. The first-order valence-electron chi connectivity index (χ1n) is 8.33. The van der Waals surface area contributed by atoms with E-state index in [-0.39, 0.29) is 23.4 Å². The van der Waals surface area contributed by atoms with Crippen molar-refractivity contribution in [2.24, 2.45) is 0 Å². The minimum Gasteiger partial charge on any atom is -0.362 e. The molecule has 9 heteroatoms. The highest BCUT2D eigenvalue weighted by molar-refractivity contribution is 7.09. The van der Waals surface area contributed by atoms with Crippen LogP contribution in [0.25, 0.3) is 11.5 Å². The number of halogens is 3. The molecule has 3 aromatic rings. The summed E-state index contributed by atoms with van der Waals surface area (Å²) < 4.78 is 39.8.